The lowest BCUT2D eigenvalue weighted by Crippen LogP contribution is -2.52. The Bertz CT molecular complexity index is 2250. The summed E-state index contributed by atoms with van der Waals surface area (Å²) in [5, 5.41) is -5.74. The first-order valence-corrected chi connectivity index (χ1v) is 21.8. The highest BCUT2D eigenvalue weighted by Gasteiger charge is 2.71. The summed E-state index contributed by atoms with van der Waals surface area (Å²) in [6, 6.07) is 33.7. The summed E-state index contributed by atoms with van der Waals surface area (Å²) in [7, 11) is -6.19. The number of hydrogen-bond donors (Lipinski definition) is 0. The molecule has 2 aliphatic rings. The van der Waals surface area contributed by atoms with Gasteiger partial charge < -0.3 is 27.9 Å². The van der Waals surface area contributed by atoms with Gasteiger partial charge in [0.15, 0.2) is 12.6 Å². The van der Waals surface area contributed by atoms with Gasteiger partial charge in [-0.05, 0) is 120 Å². The summed E-state index contributed by atoms with van der Waals surface area (Å²) >= 11 is 0. The largest absolute Gasteiger partial charge is 0.484 e. The van der Waals surface area contributed by atoms with E-state index in [0.717, 1.165) is 85.0 Å². The summed E-state index contributed by atoms with van der Waals surface area (Å²) in [4.78, 5) is 0. The zero-order valence-corrected chi connectivity index (χ0v) is 35.4. The molecule has 13 heteroatoms. The highest BCUT2D eigenvalue weighted by molar-refractivity contribution is 7.88. The van der Waals surface area contributed by atoms with Gasteiger partial charge in [-0.15, -0.1) is 0 Å². The van der Waals surface area contributed by atoms with Crippen LogP contribution in [-0.4, -0.2) is 45.6 Å². The molecule has 0 bridgehead atoms. The lowest BCUT2D eigenvalue weighted by atomic mass is 9.71. The third kappa shape index (κ3) is 9.84. The first-order valence-electron chi connectivity index (χ1n) is 20.4. The van der Waals surface area contributed by atoms with Crippen LogP contribution in [0.5, 0.6) is 23.0 Å². The molecule has 0 amide bonds. The van der Waals surface area contributed by atoms with Gasteiger partial charge in [-0.1, -0.05) is 93.6 Å². The van der Waals surface area contributed by atoms with Crippen LogP contribution in [0.4, 0.5) is 17.6 Å². The maximum Gasteiger partial charge on any atom is 0.484 e. The van der Waals surface area contributed by atoms with Crippen LogP contribution in [0.3, 0.4) is 0 Å². The number of halogens is 4. The smallest absolute Gasteiger partial charge is 0.465 e. The van der Waals surface area contributed by atoms with Crippen LogP contribution in [0.2, 0.25) is 0 Å². The number of ether oxygens (including phenoxy) is 5. The van der Waals surface area contributed by atoms with Gasteiger partial charge in [0.05, 0.1) is 13.2 Å². The molecule has 0 spiro atoms. The second-order valence-corrected chi connectivity index (χ2v) is 18.1. The molecule has 324 valence electrons. The minimum absolute atomic E-state index is 0.282. The highest BCUT2D eigenvalue weighted by atomic mass is 32.2. The van der Waals surface area contributed by atoms with E-state index in [-0.39, 0.29) is 18.0 Å². The second kappa shape index (κ2) is 17.7. The molecule has 0 aliphatic carbocycles. The van der Waals surface area contributed by atoms with Crippen LogP contribution in [0.25, 0.3) is 11.1 Å². The van der Waals surface area contributed by atoms with E-state index in [1.165, 1.54) is 24.3 Å². The molecule has 2 aliphatic heterocycles. The van der Waals surface area contributed by atoms with Crippen molar-refractivity contribution >= 4 is 10.1 Å². The van der Waals surface area contributed by atoms with Crippen molar-refractivity contribution in [3.05, 3.63) is 144 Å². The molecule has 0 radical (unpaired) electrons. The summed E-state index contributed by atoms with van der Waals surface area (Å²) in [6.45, 7) is 9.14. The van der Waals surface area contributed by atoms with Crippen LogP contribution in [0, 0.1) is 0 Å². The topological polar surface area (TPSA) is 89.5 Å². The predicted molar refractivity (Wildman–Crippen MR) is 224 cm³/mol. The summed E-state index contributed by atoms with van der Waals surface area (Å²) in [6.07, 6.45) is -0.242. The molecule has 8 nitrogen and oxygen atoms in total. The molecule has 7 rings (SSSR count). The molecular weight excluding hydrogens is 813 g/mol. The third-order valence-electron chi connectivity index (χ3n) is 11.1. The van der Waals surface area contributed by atoms with Crippen molar-refractivity contribution in [2.24, 2.45) is 0 Å². The van der Waals surface area contributed by atoms with Crippen molar-refractivity contribution in [1.82, 2.24) is 0 Å². The quantitative estimate of drug-likeness (QED) is 0.0619. The van der Waals surface area contributed by atoms with Crippen molar-refractivity contribution in [3.8, 4) is 34.1 Å². The molecule has 5 aromatic carbocycles. The van der Waals surface area contributed by atoms with E-state index < -0.39 is 38.4 Å². The number of alkyl halides is 4. The monoisotopic (exact) mass is 862 g/mol. The Morgan fingerprint density at radius 3 is 1.30 bits per heavy atom. The molecule has 2 unspecified atom stereocenters. The van der Waals surface area contributed by atoms with Crippen molar-refractivity contribution in [2.75, 3.05) is 13.2 Å². The van der Waals surface area contributed by atoms with E-state index in [4.69, 9.17) is 18.9 Å². The number of hydrogen-bond acceptors (Lipinski definition) is 8. The molecule has 0 aromatic heterocycles. The van der Waals surface area contributed by atoms with Gasteiger partial charge in [0, 0.05) is 18.3 Å². The minimum Gasteiger partial charge on any atom is -0.465 e. The number of rotatable bonds is 14. The van der Waals surface area contributed by atoms with Crippen molar-refractivity contribution < 1.29 is 53.8 Å². The Hall–Kier alpha value is -5.11. The normalized spacial score (nSPS) is 18.8. The van der Waals surface area contributed by atoms with E-state index in [1.54, 1.807) is 0 Å². The second-order valence-electron chi connectivity index (χ2n) is 16.6. The molecular formula is C48H50F4O8S. The molecule has 61 heavy (non-hydrogen) atoms. The number of benzene rings is 5. The van der Waals surface area contributed by atoms with Gasteiger partial charge in [-0.3, -0.25) is 0 Å². The lowest BCUT2D eigenvalue weighted by molar-refractivity contribution is -0.274. The molecule has 0 N–H and O–H groups in total. The molecule has 2 saturated heterocycles. The maximum atomic E-state index is 15.0. The standard InChI is InChI=1S/C48H50F4O8S/c1-45(2,3)35-17-29-42(30-18-35)60-61(53,54)48(51,52)47(49,50)59-41-23-13-34(14-24-41)33-11-15-36(16-12-33)46(4,37-19-25-39(26-20-37)57-43-9-5-7-31-55-43)38-21-27-40(28-22-38)58-44-10-6-8-32-56-44/h11-30,43-44H,5-10,31-32H2,1-4H3. The van der Waals surface area contributed by atoms with Gasteiger partial charge in [0.2, 0.25) is 0 Å². The van der Waals surface area contributed by atoms with Crippen molar-refractivity contribution in [3.63, 3.8) is 0 Å². The molecule has 2 heterocycles. The Labute approximate surface area is 354 Å². The third-order valence-corrected chi connectivity index (χ3v) is 12.4. The maximum absolute atomic E-state index is 15.0. The first kappa shape index (κ1) is 44.0. The van der Waals surface area contributed by atoms with Crippen molar-refractivity contribution in [1.29, 1.82) is 0 Å². The van der Waals surface area contributed by atoms with Crippen LogP contribution < -0.4 is 18.4 Å². The zero-order valence-electron chi connectivity index (χ0n) is 34.5. The van der Waals surface area contributed by atoms with E-state index >= 15 is 0 Å². The summed E-state index contributed by atoms with van der Waals surface area (Å²) in [5.74, 6) is 0.193. The van der Waals surface area contributed by atoms with Crippen LogP contribution in [-0.2, 0) is 30.4 Å². The van der Waals surface area contributed by atoms with Gasteiger partial charge >= 0.3 is 21.5 Å². The zero-order chi connectivity index (χ0) is 43.5. The van der Waals surface area contributed by atoms with Crippen molar-refractivity contribution in [2.45, 2.75) is 101 Å². The molecule has 2 fully saturated rings. The molecule has 5 aromatic rings. The Morgan fingerprint density at radius 2 is 0.885 bits per heavy atom. The van der Waals surface area contributed by atoms with Crippen LogP contribution in [0.15, 0.2) is 121 Å². The Balaban J connectivity index is 1.09. The van der Waals surface area contributed by atoms with Gasteiger partial charge in [0.1, 0.15) is 23.0 Å². The SMILES string of the molecule is CC(C)(C)c1ccc(OS(=O)(=O)C(F)(F)C(F)(F)Oc2ccc(-c3ccc(C(C)(c4ccc(OC5CCCCO5)cc4)c4ccc(OC5CCCCO5)cc4)cc3)cc2)cc1. The fourth-order valence-corrected chi connectivity index (χ4v) is 8.20. The average Bonchev–Trinajstić information content (AvgIpc) is 3.24. The molecule has 0 saturated carbocycles. The van der Waals surface area contributed by atoms with E-state index in [0.29, 0.717) is 35.8 Å². The van der Waals surface area contributed by atoms with E-state index in [2.05, 4.69) is 15.8 Å². The fourth-order valence-electron chi connectivity index (χ4n) is 7.40. The van der Waals surface area contributed by atoms with E-state index in [9.17, 15) is 26.0 Å². The van der Waals surface area contributed by atoms with Crippen LogP contribution >= 0.6 is 0 Å². The summed E-state index contributed by atoms with van der Waals surface area (Å²) in [5.41, 5.74) is 3.97. The van der Waals surface area contributed by atoms with Gasteiger partial charge in [0.25, 0.3) is 0 Å². The Morgan fingerprint density at radius 1 is 0.508 bits per heavy atom. The average molecular weight is 863 g/mol. The molecule has 2 atom stereocenters. The lowest BCUT2D eigenvalue weighted by Gasteiger charge is -2.33. The van der Waals surface area contributed by atoms with Gasteiger partial charge in [-0.25, -0.2) is 0 Å². The Kier molecular flexibility index (Phi) is 12.8. The minimum atomic E-state index is -6.19. The van der Waals surface area contributed by atoms with E-state index in [1.807, 2.05) is 93.6 Å². The van der Waals surface area contributed by atoms with Gasteiger partial charge in [-0.2, -0.15) is 26.0 Å². The first-order chi connectivity index (χ1) is 28.9. The highest BCUT2D eigenvalue weighted by Crippen LogP contribution is 2.43. The summed E-state index contributed by atoms with van der Waals surface area (Å²) < 4.78 is 117. The fraction of sp³-hybridized carbons (Fsp3) is 0.375. The predicted octanol–water partition coefficient (Wildman–Crippen LogP) is 11.8. The van der Waals surface area contributed by atoms with Crippen LogP contribution in [0.1, 0.15) is 88.5 Å².